The summed E-state index contributed by atoms with van der Waals surface area (Å²) in [5.41, 5.74) is -2.57. The number of primary amides is 1. The lowest BCUT2D eigenvalue weighted by atomic mass is 9.57. The van der Waals surface area contributed by atoms with E-state index in [0.29, 0.717) is 6.07 Å². The molecule has 7 N–H and O–H groups in total. The number of rotatable bonds is 6. The minimum Gasteiger partial charge on any atom is -0.508 e. The summed E-state index contributed by atoms with van der Waals surface area (Å²) in [5, 5.41) is 46.2. The number of likely N-dealkylation sites (N-methyl/N-ethyl adjacent to an activating group) is 1. The highest BCUT2D eigenvalue weighted by Crippen LogP contribution is 2.54. The van der Waals surface area contributed by atoms with Crippen LogP contribution < -0.4 is 11.1 Å². The number of nitrogens with zero attached hydrogens (tertiary/aromatic N) is 1. The van der Waals surface area contributed by atoms with Crippen molar-refractivity contribution in [3.63, 3.8) is 0 Å². The molecule has 3 aliphatic rings. The minimum atomic E-state index is -5.07. The Bertz CT molecular complexity index is 1370. The second kappa shape index (κ2) is 9.82. The highest BCUT2D eigenvalue weighted by molar-refractivity contribution is 6.24. The Kier molecular flexibility index (Phi) is 7.22. The molecule has 218 valence electrons. The molecule has 1 fully saturated rings. The van der Waals surface area contributed by atoms with E-state index in [2.05, 4.69) is 5.32 Å². The fraction of sp³-hybridized carbons (Fsp3) is 0.480. The number of phenols is 1. The van der Waals surface area contributed by atoms with Crippen molar-refractivity contribution < 1.29 is 56.8 Å². The molecule has 0 saturated heterocycles. The van der Waals surface area contributed by atoms with Gasteiger partial charge in [0.25, 0.3) is 12.3 Å². The van der Waals surface area contributed by atoms with Crippen molar-refractivity contribution in [2.24, 2.45) is 17.6 Å². The van der Waals surface area contributed by atoms with Gasteiger partial charge in [-0.1, -0.05) is 0 Å². The number of benzene rings is 1. The van der Waals surface area contributed by atoms with Gasteiger partial charge in [0.2, 0.25) is 5.78 Å². The van der Waals surface area contributed by atoms with Crippen LogP contribution in [0.5, 0.6) is 5.75 Å². The van der Waals surface area contributed by atoms with Gasteiger partial charge in [0.05, 0.1) is 23.7 Å². The number of aliphatic hydroxyl groups excluding tert-OH is 2. The van der Waals surface area contributed by atoms with Crippen molar-refractivity contribution >= 4 is 23.2 Å². The second-order valence-corrected chi connectivity index (χ2v) is 10.3. The standard InChI is InChI=1S/C25H26F5N3O7/c1-33(2)18-11-4-8-3-10-15(12(34)5-9(6-32-7-13(26)27)17(10)25(28,29)30)19(35)14(8)21(37)24(11,40)22(38)16(20(18)36)23(31)39/h5,8,11,13,18,32,34-35,38,40H,3-4,6-7H2,1-2H3,(H2,31,39)/t8-,11-,18-,24-/m0/s1. The van der Waals surface area contributed by atoms with E-state index in [1.165, 1.54) is 19.0 Å². The summed E-state index contributed by atoms with van der Waals surface area (Å²) < 4.78 is 68.1. The number of alkyl halides is 5. The van der Waals surface area contributed by atoms with Gasteiger partial charge in [-0.05, 0) is 50.0 Å². The van der Waals surface area contributed by atoms with Gasteiger partial charge >= 0.3 is 6.18 Å². The van der Waals surface area contributed by atoms with Crippen LogP contribution in [0.2, 0.25) is 0 Å². The van der Waals surface area contributed by atoms with E-state index in [4.69, 9.17) is 5.73 Å². The molecule has 4 atom stereocenters. The Morgan fingerprint density at radius 2 is 1.85 bits per heavy atom. The zero-order chi connectivity index (χ0) is 30.1. The molecular formula is C25H26F5N3O7. The number of amides is 1. The number of halogens is 5. The Labute approximate surface area is 223 Å². The van der Waals surface area contributed by atoms with E-state index >= 15 is 0 Å². The number of nitrogens with one attached hydrogen (secondary N) is 1. The van der Waals surface area contributed by atoms with E-state index in [0.717, 1.165) is 0 Å². The Morgan fingerprint density at radius 3 is 2.38 bits per heavy atom. The normalized spacial score (nSPS) is 26.8. The third kappa shape index (κ3) is 4.32. The topological polar surface area (TPSA) is 173 Å². The molecule has 1 saturated carbocycles. The summed E-state index contributed by atoms with van der Waals surface area (Å²) in [7, 11) is 2.76. The molecule has 0 spiro atoms. The lowest BCUT2D eigenvalue weighted by Crippen LogP contribution is -2.65. The van der Waals surface area contributed by atoms with Crippen LogP contribution in [0.4, 0.5) is 22.0 Å². The van der Waals surface area contributed by atoms with Gasteiger partial charge in [0.15, 0.2) is 11.4 Å². The number of ketones is 2. The first-order valence-corrected chi connectivity index (χ1v) is 12.0. The molecular weight excluding hydrogens is 549 g/mol. The largest absolute Gasteiger partial charge is 0.508 e. The first kappa shape index (κ1) is 29.4. The summed E-state index contributed by atoms with van der Waals surface area (Å²) in [6, 6.07) is -0.774. The first-order chi connectivity index (χ1) is 18.4. The Hall–Kier alpha value is -3.56. The lowest BCUT2D eigenvalue weighted by Gasteiger charge is -2.50. The van der Waals surface area contributed by atoms with Crippen LogP contribution in [0.3, 0.4) is 0 Å². The number of Topliss-reactive ketones (excluding diaryl/α,β-unsaturated/α-hetero) is 2. The van der Waals surface area contributed by atoms with Crippen molar-refractivity contribution in [2.45, 2.75) is 43.6 Å². The number of phenolic OH excluding ortho intramolecular Hbond substituents is 1. The van der Waals surface area contributed by atoms with Crippen LogP contribution in [0.1, 0.15) is 28.7 Å². The number of fused-ring (bicyclic) bond motifs is 3. The fourth-order valence-corrected chi connectivity index (χ4v) is 6.19. The molecule has 4 rings (SSSR count). The lowest BCUT2D eigenvalue weighted by molar-refractivity contribution is -0.153. The quantitative estimate of drug-likeness (QED) is 0.216. The fourth-order valence-electron chi connectivity index (χ4n) is 6.19. The molecule has 3 aliphatic carbocycles. The van der Waals surface area contributed by atoms with Gasteiger partial charge in [0, 0.05) is 18.0 Å². The molecule has 1 aromatic carbocycles. The molecule has 0 aromatic heterocycles. The molecule has 0 aliphatic heterocycles. The summed E-state index contributed by atoms with van der Waals surface area (Å²) in [5.74, 6) is -9.81. The SMILES string of the molecule is CN(C)[C@@H]1C(=O)C(C(N)=O)=C(O)[C@@]2(O)C(=O)C3=C(O)c4c(O)cc(CNCC(F)F)c(C(F)(F)F)c4C[C@H]3C[C@@H]12. The maximum Gasteiger partial charge on any atom is 0.417 e. The molecule has 1 aromatic rings. The molecule has 1 amide bonds. The van der Waals surface area contributed by atoms with E-state index in [-0.39, 0.29) is 0 Å². The minimum absolute atomic E-state index is 0.405. The highest BCUT2D eigenvalue weighted by atomic mass is 19.4. The van der Waals surface area contributed by atoms with Crippen molar-refractivity contribution in [3.8, 4) is 5.75 Å². The van der Waals surface area contributed by atoms with Gasteiger partial charge in [0.1, 0.15) is 22.8 Å². The zero-order valence-corrected chi connectivity index (χ0v) is 21.1. The molecule has 0 heterocycles. The van der Waals surface area contributed by atoms with E-state index in [9.17, 15) is 56.8 Å². The van der Waals surface area contributed by atoms with Crippen LogP contribution in [0.25, 0.3) is 5.76 Å². The smallest absolute Gasteiger partial charge is 0.417 e. The molecule has 0 radical (unpaired) electrons. The van der Waals surface area contributed by atoms with Crippen molar-refractivity contribution in [2.75, 3.05) is 20.6 Å². The molecule has 0 unspecified atom stereocenters. The molecule has 0 bridgehead atoms. The van der Waals surface area contributed by atoms with Gasteiger partial charge in [-0.15, -0.1) is 0 Å². The number of nitrogens with two attached hydrogens (primary N) is 1. The van der Waals surface area contributed by atoms with Gasteiger partial charge < -0.3 is 31.5 Å². The first-order valence-electron chi connectivity index (χ1n) is 12.0. The number of carbonyl (C=O) groups excluding carboxylic acids is 3. The number of hydrogen-bond acceptors (Lipinski definition) is 9. The predicted octanol–water partition coefficient (Wildman–Crippen LogP) is 1.34. The number of aliphatic hydroxyl groups is 3. The maximum atomic E-state index is 14.3. The summed E-state index contributed by atoms with van der Waals surface area (Å²) >= 11 is 0. The summed E-state index contributed by atoms with van der Waals surface area (Å²) in [4.78, 5) is 40.1. The number of hydrogen-bond donors (Lipinski definition) is 6. The van der Waals surface area contributed by atoms with Gasteiger partial charge in [-0.2, -0.15) is 13.2 Å². The van der Waals surface area contributed by atoms with Crippen LogP contribution >= 0.6 is 0 Å². The Balaban J connectivity index is 1.95. The van der Waals surface area contributed by atoms with Crippen LogP contribution in [-0.4, -0.2) is 81.5 Å². The van der Waals surface area contributed by atoms with Crippen molar-refractivity contribution in [1.29, 1.82) is 0 Å². The van der Waals surface area contributed by atoms with Crippen molar-refractivity contribution in [3.05, 3.63) is 45.2 Å². The molecule has 40 heavy (non-hydrogen) atoms. The predicted molar refractivity (Wildman–Crippen MR) is 127 cm³/mol. The Morgan fingerprint density at radius 1 is 1.23 bits per heavy atom. The monoisotopic (exact) mass is 575 g/mol. The van der Waals surface area contributed by atoms with E-state index in [1.54, 1.807) is 0 Å². The molecule has 15 heteroatoms. The second-order valence-electron chi connectivity index (χ2n) is 10.3. The third-order valence-corrected chi connectivity index (χ3v) is 7.70. The maximum absolute atomic E-state index is 14.3. The highest BCUT2D eigenvalue weighted by Gasteiger charge is 2.64. The molecule has 10 nitrogen and oxygen atoms in total. The van der Waals surface area contributed by atoms with Crippen molar-refractivity contribution in [1.82, 2.24) is 10.2 Å². The number of aromatic hydroxyl groups is 1. The summed E-state index contributed by atoms with van der Waals surface area (Å²) in [6.07, 6.45) is -8.93. The van der Waals surface area contributed by atoms with Crippen LogP contribution in [-0.2, 0) is 33.5 Å². The van der Waals surface area contributed by atoms with E-state index in [1.807, 2.05) is 0 Å². The van der Waals surface area contributed by atoms with Crippen LogP contribution in [0.15, 0.2) is 23.0 Å². The summed E-state index contributed by atoms with van der Waals surface area (Å²) in [6.45, 7) is -1.62. The third-order valence-electron chi connectivity index (χ3n) is 7.70. The van der Waals surface area contributed by atoms with Crippen LogP contribution in [0, 0.1) is 11.8 Å². The van der Waals surface area contributed by atoms with E-state index < -0.39 is 130 Å². The number of carbonyl (C=O) groups is 3. The average Bonchev–Trinajstić information content (AvgIpc) is 2.79. The zero-order valence-electron chi connectivity index (χ0n) is 21.1. The van der Waals surface area contributed by atoms with Gasteiger partial charge in [-0.25, -0.2) is 8.78 Å². The average molecular weight is 575 g/mol. The van der Waals surface area contributed by atoms with Gasteiger partial charge in [-0.3, -0.25) is 19.3 Å².